The van der Waals surface area contributed by atoms with Crippen LogP contribution in [0.1, 0.15) is 36.2 Å². The highest BCUT2D eigenvalue weighted by atomic mass is 16.2. The number of hydrogen-bond donors (Lipinski definition) is 0. The van der Waals surface area contributed by atoms with Crippen LogP contribution in [-0.4, -0.2) is 65.3 Å². The SMILES string of the molecule is O=C(c1ccccn1)N1CCN(c2ccc(N3CCCCCC3)nn2)CC1. The maximum atomic E-state index is 12.5. The smallest absolute Gasteiger partial charge is 0.272 e. The van der Waals surface area contributed by atoms with Crippen LogP contribution in [0.3, 0.4) is 0 Å². The third-order valence-corrected chi connectivity index (χ3v) is 5.34. The van der Waals surface area contributed by atoms with E-state index in [9.17, 15) is 4.79 Å². The zero-order chi connectivity index (χ0) is 18.5. The van der Waals surface area contributed by atoms with Gasteiger partial charge in [0.05, 0.1) is 0 Å². The van der Waals surface area contributed by atoms with Gasteiger partial charge in [0.1, 0.15) is 5.69 Å². The Morgan fingerprint density at radius 3 is 1.93 bits per heavy atom. The Labute approximate surface area is 160 Å². The predicted molar refractivity (Wildman–Crippen MR) is 105 cm³/mol. The van der Waals surface area contributed by atoms with Gasteiger partial charge in [-0.05, 0) is 37.1 Å². The van der Waals surface area contributed by atoms with Crippen LogP contribution in [0.2, 0.25) is 0 Å². The third kappa shape index (κ3) is 4.18. The zero-order valence-corrected chi connectivity index (χ0v) is 15.6. The summed E-state index contributed by atoms with van der Waals surface area (Å²) in [6.45, 7) is 5.01. The van der Waals surface area contributed by atoms with Gasteiger partial charge in [-0.25, -0.2) is 0 Å². The molecule has 2 aromatic rings. The lowest BCUT2D eigenvalue weighted by atomic mass is 10.2. The maximum Gasteiger partial charge on any atom is 0.272 e. The summed E-state index contributed by atoms with van der Waals surface area (Å²) in [4.78, 5) is 23.1. The van der Waals surface area contributed by atoms with Gasteiger partial charge in [-0.2, -0.15) is 0 Å². The van der Waals surface area contributed by atoms with Gasteiger partial charge < -0.3 is 14.7 Å². The molecule has 0 aromatic carbocycles. The quantitative estimate of drug-likeness (QED) is 0.830. The van der Waals surface area contributed by atoms with Crippen molar-refractivity contribution in [2.24, 2.45) is 0 Å². The fourth-order valence-electron chi connectivity index (χ4n) is 3.75. The van der Waals surface area contributed by atoms with Crippen LogP contribution >= 0.6 is 0 Å². The van der Waals surface area contributed by atoms with Gasteiger partial charge in [0.15, 0.2) is 11.6 Å². The number of nitrogens with zero attached hydrogens (tertiary/aromatic N) is 6. The molecule has 0 radical (unpaired) electrons. The van der Waals surface area contributed by atoms with Crippen LogP contribution < -0.4 is 9.80 Å². The number of carbonyl (C=O) groups excluding carboxylic acids is 1. The Bertz CT molecular complexity index is 735. The number of aromatic nitrogens is 3. The third-order valence-electron chi connectivity index (χ3n) is 5.34. The number of amides is 1. The molecule has 2 fully saturated rings. The average Bonchev–Trinajstić information content (AvgIpc) is 3.04. The first-order valence-corrected chi connectivity index (χ1v) is 9.85. The van der Waals surface area contributed by atoms with E-state index in [1.807, 2.05) is 17.0 Å². The molecule has 142 valence electrons. The van der Waals surface area contributed by atoms with Gasteiger partial charge in [-0.3, -0.25) is 9.78 Å². The summed E-state index contributed by atoms with van der Waals surface area (Å²) >= 11 is 0. The number of piperazine rings is 1. The highest BCUT2D eigenvalue weighted by molar-refractivity contribution is 5.92. The summed E-state index contributed by atoms with van der Waals surface area (Å²) in [5.41, 5.74) is 0.507. The van der Waals surface area contributed by atoms with Crippen LogP contribution in [0.25, 0.3) is 0 Å². The summed E-state index contributed by atoms with van der Waals surface area (Å²) in [5, 5.41) is 8.92. The minimum Gasteiger partial charge on any atom is -0.355 e. The van der Waals surface area contributed by atoms with E-state index in [2.05, 4.69) is 37.1 Å². The average molecular weight is 366 g/mol. The monoisotopic (exact) mass is 366 g/mol. The second-order valence-electron chi connectivity index (χ2n) is 7.15. The molecule has 2 saturated heterocycles. The molecular weight excluding hydrogens is 340 g/mol. The van der Waals surface area contributed by atoms with E-state index in [0.29, 0.717) is 18.8 Å². The molecule has 1 amide bonds. The van der Waals surface area contributed by atoms with E-state index in [1.165, 1.54) is 25.7 Å². The molecule has 0 N–H and O–H groups in total. The normalized spacial score (nSPS) is 18.3. The minimum absolute atomic E-state index is 0.00199. The summed E-state index contributed by atoms with van der Waals surface area (Å²) in [5.74, 6) is 1.86. The largest absolute Gasteiger partial charge is 0.355 e. The van der Waals surface area contributed by atoms with Crippen molar-refractivity contribution in [3.8, 4) is 0 Å². The van der Waals surface area contributed by atoms with E-state index in [0.717, 1.165) is 37.8 Å². The Kier molecular flexibility index (Phi) is 5.46. The maximum absolute atomic E-state index is 12.5. The highest BCUT2D eigenvalue weighted by Gasteiger charge is 2.24. The first-order chi connectivity index (χ1) is 13.3. The van der Waals surface area contributed by atoms with Crippen molar-refractivity contribution in [2.75, 3.05) is 49.1 Å². The first kappa shape index (κ1) is 17.7. The topological polar surface area (TPSA) is 65.5 Å². The number of carbonyl (C=O) groups is 1. The van der Waals surface area contributed by atoms with Crippen LogP contribution in [0.15, 0.2) is 36.5 Å². The molecule has 0 spiro atoms. The van der Waals surface area contributed by atoms with Crippen molar-refractivity contribution in [2.45, 2.75) is 25.7 Å². The van der Waals surface area contributed by atoms with Crippen LogP contribution in [0.5, 0.6) is 0 Å². The lowest BCUT2D eigenvalue weighted by Crippen LogP contribution is -2.49. The summed E-state index contributed by atoms with van der Waals surface area (Å²) in [7, 11) is 0. The minimum atomic E-state index is -0.00199. The molecule has 0 saturated carbocycles. The molecule has 4 heterocycles. The van der Waals surface area contributed by atoms with Crippen molar-refractivity contribution >= 4 is 17.5 Å². The van der Waals surface area contributed by atoms with E-state index in [4.69, 9.17) is 0 Å². The lowest BCUT2D eigenvalue weighted by molar-refractivity contribution is 0.0740. The fraction of sp³-hybridized carbons (Fsp3) is 0.500. The van der Waals surface area contributed by atoms with Crippen molar-refractivity contribution in [1.82, 2.24) is 20.1 Å². The first-order valence-electron chi connectivity index (χ1n) is 9.85. The van der Waals surface area contributed by atoms with Gasteiger partial charge >= 0.3 is 0 Å². The van der Waals surface area contributed by atoms with Gasteiger partial charge in [0.2, 0.25) is 0 Å². The standard InChI is InChI=1S/C20H26N6O/c27-20(17-7-3-4-10-21-17)26-15-13-25(14-16-26)19-9-8-18(22-23-19)24-11-5-1-2-6-12-24/h3-4,7-10H,1-2,5-6,11-16H2. The molecular formula is C20H26N6O. The van der Waals surface area contributed by atoms with E-state index >= 15 is 0 Å². The molecule has 2 aromatic heterocycles. The summed E-state index contributed by atoms with van der Waals surface area (Å²) < 4.78 is 0. The Morgan fingerprint density at radius 1 is 0.741 bits per heavy atom. The molecule has 2 aliphatic rings. The van der Waals surface area contributed by atoms with E-state index in [-0.39, 0.29) is 5.91 Å². The molecule has 27 heavy (non-hydrogen) atoms. The van der Waals surface area contributed by atoms with Gasteiger partial charge in [-0.15, -0.1) is 10.2 Å². The molecule has 0 unspecified atom stereocenters. The van der Waals surface area contributed by atoms with Gasteiger partial charge in [0, 0.05) is 45.5 Å². The highest BCUT2D eigenvalue weighted by Crippen LogP contribution is 2.20. The number of anilines is 2. The van der Waals surface area contributed by atoms with E-state index in [1.54, 1.807) is 12.3 Å². The number of pyridine rings is 1. The van der Waals surface area contributed by atoms with E-state index < -0.39 is 0 Å². The number of hydrogen-bond acceptors (Lipinski definition) is 6. The predicted octanol–water partition coefficient (Wildman–Crippen LogP) is 2.21. The summed E-state index contributed by atoms with van der Waals surface area (Å²) in [6, 6.07) is 9.57. The molecule has 4 rings (SSSR count). The van der Waals surface area contributed by atoms with Crippen LogP contribution in [0.4, 0.5) is 11.6 Å². The Morgan fingerprint density at radius 2 is 1.37 bits per heavy atom. The van der Waals surface area contributed by atoms with Crippen molar-refractivity contribution < 1.29 is 4.79 Å². The van der Waals surface area contributed by atoms with Gasteiger partial charge in [0.25, 0.3) is 5.91 Å². The zero-order valence-electron chi connectivity index (χ0n) is 15.6. The second kappa shape index (κ2) is 8.33. The lowest BCUT2D eigenvalue weighted by Gasteiger charge is -2.35. The van der Waals surface area contributed by atoms with Crippen molar-refractivity contribution in [1.29, 1.82) is 0 Å². The van der Waals surface area contributed by atoms with Crippen molar-refractivity contribution in [3.63, 3.8) is 0 Å². The second-order valence-corrected chi connectivity index (χ2v) is 7.15. The summed E-state index contributed by atoms with van der Waals surface area (Å²) in [6.07, 6.45) is 6.74. The Balaban J connectivity index is 1.35. The molecule has 0 bridgehead atoms. The van der Waals surface area contributed by atoms with Gasteiger partial charge in [-0.1, -0.05) is 18.9 Å². The molecule has 0 atom stereocenters. The van der Waals surface area contributed by atoms with Crippen LogP contribution in [0, 0.1) is 0 Å². The Hall–Kier alpha value is -2.70. The molecule has 0 aliphatic carbocycles. The molecule has 7 heteroatoms. The molecule has 7 nitrogen and oxygen atoms in total. The fourth-order valence-corrected chi connectivity index (χ4v) is 3.75. The van der Waals surface area contributed by atoms with Crippen molar-refractivity contribution in [3.05, 3.63) is 42.2 Å². The molecule has 2 aliphatic heterocycles. The number of rotatable bonds is 3. The van der Waals surface area contributed by atoms with Crippen LogP contribution in [-0.2, 0) is 0 Å².